The quantitative estimate of drug-likeness (QED) is 0.778. The fourth-order valence-electron chi connectivity index (χ4n) is 1.94. The molecule has 0 radical (unpaired) electrons. The lowest BCUT2D eigenvalue weighted by atomic mass is 10.1. The topological polar surface area (TPSA) is 82.5 Å². The van der Waals surface area contributed by atoms with Crippen LogP contribution < -0.4 is 5.32 Å². The van der Waals surface area contributed by atoms with E-state index in [0.29, 0.717) is 18.7 Å². The third kappa shape index (κ3) is 6.26. The average Bonchev–Trinajstić information content (AvgIpc) is 2.79. The molecular weight excluding hydrogens is 286 g/mol. The summed E-state index contributed by atoms with van der Waals surface area (Å²) >= 11 is 0. The molecule has 1 rings (SSSR count). The van der Waals surface area contributed by atoms with E-state index in [9.17, 15) is 9.59 Å². The second kappa shape index (κ2) is 7.93. The van der Waals surface area contributed by atoms with Gasteiger partial charge in [-0.05, 0) is 33.3 Å². The Morgan fingerprint density at radius 1 is 1.41 bits per heavy atom. The summed E-state index contributed by atoms with van der Waals surface area (Å²) in [6, 6.07) is 1.31. The van der Waals surface area contributed by atoms with Crippen molar-refractivity contribution in [1.82, 2.24) is 15.1 Å². The third-order valence-corrected chi connectivity index (χ3v) is 2.93. The molecule has 1 unspecified atom stereocenters. The molecule has 0 saturated heterocycles. The number of amides is 1. The second-order valence-electron chi connectivity index (χ2n) is 6.09. The first-order valence-corrected chi connectivity index (χ1v) is 7.22. The predicted octanol–water partition coefficient (Wildman–Crippen LogP) is 1.92. The van der Waals surface area contributed by atoms with Gasteiger partial charge in [-0.3, -0.25) is 9.48 Å². The normalized spacial score (nSPS) is 12.8. The van der Waals surface area contributed by atoms with Crippen molar-refractivity contribution in [3.05, 3.63) is 18.0 Å². The minimum absolute atomic E-state index is 0.0860. The van der Waals surface area contributed by atoms with Gasteiger partial charge in [0, 0.05) is 39.4 Å². The first-order valence-electron chi connectivity index (χ1n) is 7.22. The number of nitrogens with zero attached hydrogens (tertiary/aromatic N) is 2. The van der Waals surface area contributed by atoms with Gasteiger partial charge < -0.3 is 14.8 Å². The number of aryl methyl sites for hydroxylation is 1. The van der Waals surface area contributed by atoms with Gasteiger partial charge in [0.1, 0.15) is 11.3 Å². The van der Waals surface area contributed by atoms with E-state index in [1.54, 1.807) is 47.2 Å². The molecule has 0 aliphatic carbocycles. The minimum atomic E-state index is -0.581. The van der Waals surface area contributed by atoms with Crippen molar-refractivity contribution < 1.29 is 19.1 Å². The highest BCUT2D eigenvalue weighted by atomic mass is 16.6. The molecule has 22 heavy (non-hydrogen) atoms. The molecule has 0 fully saturated rings. The number of hydrogen-bond acceptors (Lipinski definition) is 5. The van der Waals surface area contributed by atoms with Crippen molar-refractivity contribution in [2.75, 3.05) is 13.7 Å². The van der Waals surface area contributed by atoms with Gasteiger partial charge in [0.2, 0.25) is 0 Å². The van der Waals surface area contributed by atoms with Gasteiger partial charge in [0.25, 0.3) is 0 Å². The van der Waals surface area contributed by atoms with Crippen LogP contribution >= 0.6 is 0 Å². The molecular formula is C15H25N3O4. The Hall–Kier alpha value is -1.89. The molecule has 1 amide bonds. The summed E-state index contributed by atoms with van der Waals surface area (Å²) in [6.07, 6.45) is 1.73. The van der Waals surface area contributed by atoms with Crippen LogP contribution in [-0.4, -0.2) is 47.0 Å². The largest absolute Gasteiger partial charge is 0.444 e. The maximum Gasteiger partial charge on any atom is 0.407 e. The number of alkyl carbamates (subject to hydrolysis) is 1. The van der Waals surface area contributed by atoms with Gasteiger partial charge in [-0.25, -0.2) is 4.79 Å². The number of hydrogen-bond donors (Lipinski definition) is 1. The Balaban J connectivity index is 2.66. The number of Topliss-reactive ketones (excluding diaryl/α,β-unsaturated/α-hetero) is 1. The Kier molecular flexibility index (Phi) is 6.55. The van der Waals surface area contributed by atoms with Crippen molar-refractivity contribution in [2.45, 2.75) is 45.3 Å². The molecule has 0 aliphatic heterocycles. The first-order chi connectivity index (χ1) is 10.2. The van der Waals surface area contributed by atoms with E-state index < -0.39 is 11.7 Å². The van der Waals surface area contributed by atoms with Crippen molar-refractivity contribution in [3.63, 3.8) is 0 Å². The number of rotatable bonds is 7. The Morgan fingerprint density at radius 2 is 2.09 bits per heavy atom. The van der Waals surface area contributed by atoms with E-state index in [2.05, 4.69) is 10.4 Å². The van der Waals surface area contributed by atoms with Gasteiger partial charge in [0.15, 0.2) is 5.78 Å². The summed E-state index contributed by atoms with van der Waals surface area (Å²) in [7, 11) is 3.28. The van der Waals surface area contributed by atoms with Crippen molar-refractivity contribution >= 4 is 11.9 Å². The van der Waals surface area contributed by atoms with Crippen molar-refractivity contribution in [3.8, 4) is 0 Å². The van der Waals surface area contributed by atoms with Crippen LogP contribution in [0, 0.1) is 0 Å². The fourth-order valence-corrected chi connectivity index (χ4v) is 1.94. The molecule has 1 atom stereocenters. The zero-order valence-electron chi connectivity index (χ0n) is 13.9. The van der Waals surface area contributed by atoms with E-state index in [1.807, 2.05) is 0 Å². The molecule has 0 bridgehead atoms. The molecule has 0 aromatic carbocycles. The fraction of sp³-hybridized carbons (Fsp3) is 0.667. The zero-order valence-corrected chi connectivity index (χ0v) is 13.9. The van der Waals surface area contributed by atoms with E-state index >= 15 is 0 Å². The Morgan fingerprint density at radius 3 is 2.59 bits per heavy atom. The summed E-state index contributed by atoms with van der Waals surface area (Å²) in [5.74, 6) is -0.0860. The smallest absolute Gasteiger partial charge is 0.407 e. The van der Waals surface area contributed by atoms with Gasteiger partial charge in [-0.15, -0.1) is 0 Å². The molecule has 1 heterocycles. The molecule has 1 aromatic rings. The van der Waals surface area contributed by atoms with Crippen molar-refractivity contribution in [1.29, 1.82) is 0 Å². The van der Waals surface area contributed by atoms with Gasteiger partial charge in [0.05, 0.1) is 0 Å². The number of ether oxygens (including phenoxy) is 2. The van der Waals surface area contributed by atoms with Crippen LogP contribution in [0.25, 0.3) is 0 Å². The van der Waals surface area contributed by atoms with Crippen LogP contribution in [0.15, 0.2) is 12.3 Å². The maximum atomic E-state index is 12.3. The van der Waals surface area contributed by atoms with Gasteiger partial charge >= 0.3 is 6.09 Å². The highest BCUT2D eigenvalue weighted by Crippen LogP contribution is 2.10. The van der Waals surface area contributed by atoms with Gasteiger partial charge in [-0.2, -0.15) is 5.10 Å². The average molecular weight is 311 g/mol. The SMILES string of the molecule is COCCC(CC(=O)c1ccnn1C)NC(=O)OC(C)(C)C. The summed E-state index contributed by atoms with van der Waals surface area (Å²) in [6.45, 7) is 5.81. The number of aromatic nitrogens is 2. The number of carbonyl (C=O) groups is 2. The van der Waals surface area contributed by atoms with Crippen LogP contribution in [0.3, 0.4) is 0 Å². The van der Waals surface area contributed by atoms with Crippen LogP contribution in [0.5, 0.6) is 0 Å². The van der Waals surface area contributed by atoms with Gasteiger partial charge in [-0.1, -0.05) is 0 Å². The van der Waals surface area contributed by atoms with E-state index in [4.69, 9.17) is 9.47 Å². The van der Waals surface area contributed by atoms with E-state index in [-0.39, 0.29) is 18.2 Å². The monoisotopic (exact) mass is 311 g/mol. The Bertz CT molecular complexity index is 505. The number of methoxy groups -OCH3 is 1. The minimum Gasteiger partial charge on any atom is -0.444 e. The summed E-state index contributed by atoms with van der Waals surface area (Å²) in [5.41, 5.74) is -0.0736. The molecule has 0 saturated carbocycles. The lowest BCUT2D eigenvalue weighted by Gasteiger charge is -2.23. The lowest BCUT2D eigenvalue weighted by molar-refractivity contribution is 0.0490. The molecule has 7 heteroatoms. The summed E-state index contributed by atoms with van der Waals surface area (Å²) < 4.78 is 11.8. The second-order valence-corrected chi connectivity index (χ2v) is 6.09. The summed E-state index contributed by atoms with van der Waals surface area (Å²) in [5, 5.41) is 6.70. The van der Waals surface area contributed by atoms with E-state index in [0.717, 1.165) is 0 Å². The van der Waals surface area contributed by atoms with E-state index in [1.165, 1.54) is 4.68 Å². The van der Waals surface area contributed by atoms with Crippen LogP contribution in [0.1, 0.15) is 44.1 Å². The molecule has 7 nitrogen and oxygen atoms in total. The molecule has 1 N–H and O–H groups in total. The zero-order chi connectivity index (χ0) is 16.8. The van der Waals surface area contributed by atoms with Crippen molar-refractivity contribution in [2.24, 2.45) is 7.05 Å². The predicted molar refractivity (Wildman–Crippen MR) is 81.8 cm³/mol. The van der Waals surface area contributed by atoms with Crippen LogP contribution in [-0.2, 0) is 16.5 Å². The highest BCUT2D eigenvalue weighted by Gasteiger charge is 2.22. The molecule has 124 valence electrons. The molecule has 0 spiro atoms. The summed E-state index contributed by atoms with van der Waals surface area (Å²) in [4.78, 5) is 24.1. The Labute approximate surface area is 131 Å². The standard InChI is InChI=1S/C15H25N3O4/c1-15(2,3)22-14(20)17-11(7-9-21-5)10-13(19)12-6-8-16-18(12)4/h6,8,11H,7,9-10H2,1-5H3,(H,17,20). The number of carbonyl (C=O) groups excluding carboxylic acids is 2. The maximum absolute atomic E-state index is 12.3. The lowest BCUT2D eigenvalue weighted by Crippen LogP contribution is -2.41. The van der Waals surface area contributed by atoms with Crippen LogP contribution in [0.2, 0.25) is 0 Å². The number of nitrogens with one attached hydrogen (secondary N) is 1. The van der Waals surface area contributed by atoms with Crippen LogP contribution in [0.4, 0.5) is 4.79 Å². The number of ketones is 1. The first kappa shape index (κ1) is 18.2. The highest BCUT2D eigenvalue weighted by molar-refractivity contribution is 5.95. The molecule has 0 aliphatic rings. The third-order valence-electron chi connectivity index (χ3n) is 2.93. The molecule has 1 aromatic heterocycles.